The minimum absolute atomic E-state index is 0.0924. The molecule has 1 aliphatic heterocycles. The molecule has 3 aromatic rings. The first-order valence-corrected chi connectivity index (χ1v) is 13.1. The highest BCUT2D eigenvalue weighted by molar-refractivity contribution is 7.93. The second-order valence-corrected chi connectivity index (χ2v) is 9.95. The fourth-order valence-electron chi connectivity index (χ4n) is 4.09. The zero-order chi connectivity index (χ0) is 24.0. The van der Waals surface area contributed by atoms with Gasteiger partial charge in [-0.1, -0.05) is 18.2 Å². The van der Waals surface area contributed by atoms with Crippen LogP contribution in [0.5, 0.6) is 0 Å². The maximum Gasteiger partial charge on any atom is 0.250 e. The monoisotopic (exact) mass is 479 g/mol. The first-order chi connectivity index (χ1) is 16.5. The Hall–Kier alpha value is -3.12. The van der Waals surface area contributed by atoms with Crippen molar-refractivity contribution in [3.8, 4) is 17.4 Å². The van der Waals surface area contributed by atoms with E-state index in [0.29, 0.717) is 18.1 Å². The van der Waals surface area contributed by atoms with Crippen LogP contribution in [0.3, 0.4) is 0 Å². The fourth-order valence-corrected chi connectivity index (χ4v) is 4.99. The summed E-state index contributed by atoms with van der Waals surface area (Å²) < 4.78 is 38.1. The Morgan fingerprint density at radius 1 is 1.12 bits per heavy atom. The molecule has 8 heteroatoms. The van der Waals surface area contributed by atoms with E-state index in [0.717, 1.165) is 29.4 Å². The summed E-state index contributed by atoms with van der Waals surface area (Å²) in [5.74, 6) is 0.898. The summed E-state index contributed by atoms with van der Waals surface area (Å²) in [5.41, 5.74) is 2.14. The van der Waals surface area contributed by atoms with Gasteiger partial charge in [0.1, 0.15) is 17.6 Å². The summed E-state index contributed by atoms with van der Waals surface area (Å²) in [5, 5.41) is 11.6. The van der Waals surface area contributed by atoms with Gasteiger partial charge in [0.2, 0.25) is 0 Å². The molecule has 1 aliphatic rings. The number of furan rings is 1. The lowest BCUT2D eigenvalue weighted by Gasteiger charge is -2.29. The number of anilines is 1. The Morgan fingerprint density at radius 2 is 1.88 bits per heavy atom. The predicted octanol–water partition coefficient (Wildman–Crippen LogP) is 4.91. The average Bonchev–Trinajstić information content (AvgIpc) is 3.34. The summed E-state index contributed by atoms with van der Waals surface area (Å²) in [4.78, 5) is 2.03. The SMILES string of the molecule is CCOCCNS(=O)(=O)/C(C#N)=C/c1ccc(-c2ccc3cc(N4CCCCC4)ccc3c2)o1. The Morgan fingerprint density at radius 3 is 2.65 bits per heavy atom. The minimum atomic E-state index is -3.94. The van der Waals surface area contributed by atoms with Gasteiger partial charge in [0.05, 0.1) is 6.61 Å². The first kappa shape index (κ1) is 24.0. The number of fused-ring (bicyclic) bond motifs is 1. The number of sulfonamides is 1. The molecule has 0 spiro atoms. The van der Waals surface area contributed by atoms with E-state index >= 15 is 0 Å². The van der Waals surface area contributed by atoms with E-state index in [1.165, 1.54) is 31.0 Å². The van der Waals surface area contributed by atoms with E-state index < -0.39 is 14.9 Å². The molecular formula is C26H29N3O4S. The van der Waals surface area contributed by atoms with Crippen molar-refractivity contribution in [1.29, 1.82) is 5.26 Å². The third-order valence-electron chi connectivity index (χ3n) is 5.87. The largest absolute Gasteiger partial charge is 0.457 e. The molecule has 0 aliphatic carbocycles. The third-order valence-corrected chi connectivity index (χ3v) is 7.24. The molecule has 0 saturated carbocycles. The van der Waals surface area contributed by atoms with Crippen LogP contribution in [-0.4, -0.2) is 41.3 Å². The van der Waals surface area contributed by atoms with E-state index in [4.69, 9.17) is 9.15 Å². The zero-order valence-electron chi connectivity index (χ0n) is 19.3. The van der Waals surface area contributed by atoms with E-state index in [2.05, 4.69) is 40.0 Å². The molecule has 1 N–H and O–H groups in total. The molecule has 34 heavy (non-hydrogen) atoms. The molecule has 0 amide bonds. The van der Waals surface area contributed by atoms with Gasteiger partial charge >= 0.3 is 0 Å². The molecule has 2 aromatic carbocycles. The van der Waals surface area contributed by atoms with Gasteiger partial charge in [-0.15, -0.1) is 0 Å². The molecule has 0 unspecified atom stereocenters. The topological polar surface area (TPSA) is 95.6 Å². The lowest BCUT2D eigenvalue weighted by atomic mass is 10.0. The number of benzene rings is 2. The molecule has 0 atom stereocenters. The predicted molar refractivity (Wildman–Crippen MR) is 135 cm³/mol. The summed E-state index contributed by atoms with van der Waals surface area (Å²) in [6.45, 7) is 4.86. The second kappa shape index (κ2) is 10.9. The molecule has 2 heterocycles. The van der Waals surface area contributed by atoms with E-state index in [1.54, 1.807) is 18.2 Å². The zero-order valence-corrected chi connectivity index (χ0v) is 20.1. The van der Waals surface area contributed by atoms with Crippen LogP contribution >= 0.6 is 0 Å². The molecule has 4 rings (SSSR count). The van der Waals surface area contributed by atoms with Crippen molar-refractivity contribution in [3.05, 3.63) is 59.2 Å². The summed E-state index contributed by atoms with van der Waals surface area (Å²) >= 11 is 0. The van der Waals surface area contributed by atoms with E-state index in [1.807, 2.05) is 13.0 Å². The number of hydrogen-bond acceptors (Lipinski definition) is 6. The second-order valence-electron chi connectivity index (χ2n) is 8.21. The maximum absolute atomic E-state index is 12.4. The molecule has 1 saturated heterocycles. The van der Waals surface area contributed by atoms with Gasteiger partial charge in [-0.25, -0.2) is 13.1 Å². The van der Waals surface area contributed by atoms with Crippen LogP contribution in [0.1, 0.15) is 31.9 Å². The van der Waals surface area contributed by atoms with Crippen molar-refractivity contribution < 1.29 is 17.6 Å². The van der Waals surface area contributed by atoms with Crippen molar-refractivity contribution in [1.82, 2.24) is 4.72 Å². The van der Waals surface area contributed by atoms with Crippen molar-refractivity contribution in [2.24, 2.45) is 0 Å². The van der Waals surface area contributed by atoms with Crippen molar-refractivity contribution in [3.63, 3.8) is 0 Å². The molecule has 0 radical (unpaired) electrons. The van der Waals surface area contributed by atoms with Crippen LogP contribution in [0.4, 0.5) is 5.69 Å². The Kier molecular flexibility index (Phi) is 7.68. The maximum atomic E-state index is 12.4. The summed E-state index contributed by atoms with van der Waals surface area (Å²) in [7, 11) is -3.94. The number of nitrogens with zero attached hydrogens (tertiary/aromatic N) is 2. The number of piperidine rings is 1. The molecule has 7 nitrogen and oxygen atoms in total. The number of ether oxygens (including phenoxy) is 1. The van der Waals surface area contributed by atoms with Gasteiger partial charge in [-0.05, 0) is 67.3 Å². The summed E-state index contributed by atoms with van der Waals surface area (Å²) in [6, 6.07) is 17.8. The number of nitrogens with one attached hydrogen (secondary N) is 1. The van der Waals surface area contributed by atoms with Crippen molar-refractivity contribution >= 4 is 32.6 Å². The Labute approximate surface area is 200 Å². The summed E-state index contributed by atoms with van der Waals surface area (Å²) in [6.07, 6.45) is 5.02. The number of rotatable bonds is 9. The lowest BCUT2D eigenvalue weighted by Crippen LogP contribution is -2.29. The van der Waals surface area contributed by atoms with Crippen molar-refractivity contribution in [2.75, 3.05) is 37.7 Å². The first-order valence-electron chi connectivity index (χ1n) is 11.6. The Bertz CT molecular complexity index is 1320. The number of nitriles is 1. The van der Waals surface area contributed by atoms with Gasteiger partial charge < -0.3 is 14.1 Å². The molecular weight excluding hydrogens is 450 g/mol. The van der Waals surface area contributed by atoms with E-state index in [9.17, 15) is 13.7 Å². The molecule has 1 fully saturated rings. The van der Waals surface area contributed by atoms with Gasteiger partial charge in [-0.2, -0.15) is 5.26 Å². The normalized spacial score (nSPS) is 14.9. The van der Waals surface area contributed by atoms with Crippen LogP contribution in [0.25, 0.3) is 28.2 Å². The molecule has 178 valence electrons. The standard InChI is InChI=1S/C26H29N3O4S/c1-2-32-15-12-28-34(30,31)25(19-27)18-24-10-11-26(33-24)22-7-6-21-17-23(9-8-20(21)16-22)29-13-4-3-5-14-29/h6-11,16-18,28H,2-5,12-15H2,1H3/b25-18+. The molecule has 1 aromatic heterocycles. The van der Waals surface area contributed by atoms with Gasteiger partial charge in [0, 0.05) is 43.6 Å². The van der Waals surface area contributed by atoms with Crippen LogP contribution in [0, 0.1) is 11.3 Å². The van der Waals surface area contributed by atoms with Crippen LogP contribution < -0.4 is 9.62 Å². The van der Waals surface area contributed by atoms with Gasteiger partial charge in [-0.3, -0.25) is 0 Å². The Balaban J connectivity index is 1.52. The van der Waals surface area contributed by atoms with Crippen molar-refractivity contribution in [2.45, 2.75) is 26.2 Å². The fraction of sp³-hybridized carbons (Fsp3) is 0.346. The third kappa shape index (κ3) is 5.68. The molecule has 0 bridgehead atoms. The van der Waals surface area contributed by atoms with E-state index in [-0.39, 0.29) is 13.2 Å². The highest BCUT2D eigenvalue weighted by atomic mass is 32.2. The quantitative estimate of drug-likeness (QED) is 0.346. The van der Waals surface area contributed by atoms with Crippen LogP contribution in [0.15, 0.2) is 57.9 Å². The van der Waals surface area contributed by atoms with Crippen LogP contribution in [-0.2, 0) is 14.8 Å². The minimum Gasteiger partial charge on any atom is -0.457 e. The van der Waals surface area contributed by atoms with Gasteiger partial charge in [0.25, 0.3) is 10.0 Å². The van der Waals surface area contributed by atoms with Gasteiger partial charge in [0.15, 0.2) is 4.91 Å². The highest BCUT2D eigenvalue weighted by Crippen LogP contribution is 2.30. The number of allylic oxidation sites excluding steroid dienone is 1. The van der Waals surface area contributed by atoms with Crippen LogP contribution in [0.2, 0.25) is 0 Å². The smallest absolute Gasteiger partial charge is 0.250 e. The number of hydrogen-bond donors (Lipinski definition) is 1. The lowest BCUT2D eigenvalue weighted by molar-refractivity contribution is 0.153. The average molecular weight is 480 g/mol. The highest BCUT2D eigenvalue weighted by Gasteiger charge is 2.18.